The van der Waals surface area contributed by atoms with Gasteiger partial charge >= 0.3 is 0 Å². The lowest BCUT2D eigenvalue weighted by atomic mass is 10.0. The van der Waals surface area contributed by atoms with Gasteiger partial charge in [0.25, 0.3) is 0 Å². The van der Waals surface area contributed by atoms with Crippen molar-refractivity contribution in [3.05, 3.63) is 0 Å². The molecule has 0 radical (unpaired) electrons. The molecule has 0 aromatic carbocycles. The van der Waals surface area contributed by atoms with E-state index in [1.54, 1.807) is 0 Å². The summed E-state index contributed by atoms with van der Waals surface area (Å²) in [6.07, 6.45) is 6.27. The summed E-state index contributed by atoms with van der Waals surface area (Å²) >= 11 is 0. The second-order valence-corrected chi connectivity index (χ2v) is 9.95. The summed E-state index contributed by atoms with van der Waals surface area (Å²) in [5, 5.41) is 1.80. The Morgan fingerprint density at radius 2 is 1.61 bits per heavy atom. The summed E-state index contributed by atoms with van der Waals surface area (Å²) in [5.41, 5.74) is 0. The second kappa shape index (κ2) is 7.97. The minimum atomic E-state index is -3.41. The summed E-state index contributed by atoms with van der Waals surface area (Å²) in [6, 6.07) is 0.113. The molecule has 0 bridgehead atoms. The van der Waals surface area contributed by atoms with Crippen LogP contribution in [0.15, 0.2) is 0 Å². The topological polar surface area (TPSA) is 66.5 Å². The molecule has 134 valence electrons. The molecule has 1 saturated carbocycles. The van der Waals surface area contributed by atoms with Gasteiger partial charge in [-0.05, 0) is 51.7 Å². The average molecular weight is 345 g/mol. The Morgan fingerprint density at radius 1 is 1.04 bits per heavy atom. The maximum Gasteiger partial charge on any atom is 0.238 e. The summed E-state index contributed by atoms with van der Waals surface area (Å²) < 4.78 is 26.0. The van der Waals surface area contributed by atoms with Gasteiger partial charge in [-0.25, -0.2) is 8.42 Å². The standard InChI is InChI=1S/C17H32N2O3S/c1-13(2)16(23(21,22)15-7-5-4-6-8-15)17(20)18-14-9-11-19(3)12-10-14/h13-16H,4-12H2,1-3H3,(H,18,20)/t16-/m0/s1. The summed E-state index contributed by atoms with van der Waals surface area (Å²) in [4.78, 5) is 15.0. The minimum Gasteiger partial charge on any atom is -0.352 e. The van der Waals surface area contributed by atoms with E-state index in [0.717, 1.165) is 45.2 Å². The van der Waals surface area contributed by atoms with Crippen molar-refractivity contribution in [2.24, 2.45) is 5.92 Å². The SMILES string of the molecule is CC(C)[C@@H](C(=O)NC1CCN(C)CC1)S(=O)(=O)C1CCCCC1. The molecule has 1 saturated heterocycles. The van der Waals surface area contributed by atoms with E-state index in [0.29, 0.717) is 12.8 Å². The number of hydrogen-bond donors (Lipinski definition) is 1. The summed E-state index contributed by atoms with van der Waals surface area (Å²) in [7, 11) is -1.33. The molecule has 1 atom stereocenters. The number of sulfone groups is 1. The molecular weight excluding hydrogens is 312 g/mol. The molecule has 2 rings (SSSR count). The van der Waals surface area contributed by atoms with Crippen LogP contribution in [0.3, 0.4) is 0 Å². The van der Waals surface area contributed by atoms with E-state index in [9.17, 15) is 13.2 Å². The molecule has 0 unspecified atom stereocenters. The highest BCUT2D eigenvalue weighted by atomic mass is 32.2. The van der Waals surface area contributed by atoms with Crippen molar-refractivity contribution in [1.82, 2.24) is 10.2 Å². The lowest BCUT2D eigenvalue weighted by molar-refractivity contribution is -0.122. The molecule has 1 aliphatic carbocycles. The third-order valence-electron chi connectivity index (χ3n) is 5.30. The van der Waals surface area contributed by atoms with Crippen LogP contribution < -0.4 is 5.32 Å². The van der Waals surface area contributed by atoms with Crippen molar-refractivity contribution >= 4 is 15.7 Å². The van der Waals surface area contributed by atoms with Crippen LogP contribution >= 0.6 is 0 Å². The van der Waals surface area contributed by atoms with Crippen molar-refractivity contribution in [3.63, 3.8) is 0 Å². The van der Waals surface area contributed by atoms with E-state index in [1.165, 1.54) is 0 Å². The molecule has 1 heterocycles. The smallest absolute Gasteiger partial charge is 0.238 e. The number of nitrogens with one attached hydrogen (secondary N) is 1. The number of rotatable bonds is 5. The molecule has 23 heavy (non-hydrogen) atoms. The number of amides is 1. The highest BCUT2D eigenvalue weighted by molar-refractivity contribution is 7.93. The van der Waals surface area contributed by atoms with E-state index >= 15 is 0 Å². The average Bonchev–Trinajstić information content (AvgIpc) is 2.50. The first-order valence-electron chi connectivity index (χ1n) is 9.04. The molecule has 0 spiro atoms. The third-order valence-corrected chi connectivity index (χ3v) is 8.17. The molecular formula is C17H32N2O3S. The van der Waals surface area contributed by atoms with Crippen molar-refractivity contribution in [1.29, 1.82) is 0 Å². The first kappa shape index (κ1) is 18.7. The number of piperidine rings is 1. The van der Waals surface area contributed by atoms with Crippen LogP contribution in [0.5, 0.6) is 0 Å². The van der Waals surface area contributed by atoms with E-state index < -0.39 is 15.1 Å². The normalized spacial score (nSPS) is 23.8. The maximum absolute atomic E-state index is 13.0. The van der Waals surface area contributed by atoms with Crippen molar-refractivity contribution < 1.29 is 13.2 Å². The zero-order valence-corrected chi connectivity index (χ0v) is 15.6. The number of carbonyl (C=O) groups excluding carboxylic acids is 1. The molecule has 1 amide bonds. The molecule has 2 aliphatic rings. The number of nitrogens with zero attached hydrogens (tertiary/aromatic N) is 1. The first-order chi connectivity index (χ1) is 10.8. The van der Waals surface area contributed by atoms with Gasteiger partial charge in [0.15, 0.2) is 9.84 Å². The summed E-state index contributed by atoms with van der Waals surface area (Å²) in [6.45, 7) is 5.60. The molecule has 1 N–H and O–H groups in total. The Hall–Kier alpha value is -0.620. The fourth-order valence-corrected chi connectivity index (χ4v) is 6.40. The Labute approximate surface area is 141 Å². The third kappa shape index (κ3) is 4.69. The highest BCUT2D eigenvalue weighted by Crippen LogP contribution is 2.29. The van der Waals surface area contributed by atoms with Gasteiger partial charge in [0.05, 0.1) is 5.25 Å². The predicted octanol–water partition coefficient (Wildman–Crippen LogP) is 1.97. The molecule has 5 nitrogen and oxygen atoms in total. The van der Waals surface area contributed by atoms with Crippen molar-refractivity contribution in [2.75, 3.05) is 20.1 Å². The van der Waals surface area contributed by atoms with E-state index in [4.69, 9.17) is 0 Å². The molecule has 0 aromatic heterocycles. The minimum absolute atomic E-state index is 0.113. The number of likely N-dealkylation sites (tertiary alicyclic amines) is 1. The monoisotopic (exact) mass is 344 g/mol. The van der Waals surface area contributed by atoms with Crippen LogP contribution in [0.25, 0.3) is 0 Å². The van der Waals surface area contributed by atoms with Gasteiger partial charge in [0, 0.05) is 6.04 Å². The lowest BCUT2D eigenvalue weighted by Gasteiger charge is -2.32. The van der Waals surface area contributed by atoms with Crippen LogP contribution in [0.1, 0.15) is 58.8 Å². The quantitative estimate of drug-likeness (QED) is 0.828. The summed E-state index contributed by atoms with van der Waals surface area (Å²) in [5.74, 6) is -0.465. The van der Waals surface area contributed by atoms with Crippen molar-refractivity contribution in [3.8, 4) is 0 Å². The van der Waals surface area contributed by atoms with Gasteiger partial charge in [-0.15, -0.1) is 0 Å². The zero-order chi connectivity index (χ0) is 17.0. The van der Waals surface area contributed by atoms with E-state index in [-0.39, 0.29) is 23.1 Å². The van der Waals surface area contributed by atoms with E-state index in [1.807, 2.05) is 13.8 Å². The van der Waals surface area contributed by atoms with Crippen LogP contribution in [0.2, 0.25) is 0 Å². The maximum atomic E-state index is 13.0. The fourth-order valence-electron chi connectivity index (χ4n) is 3.87. The molecule has 2 fully saturated rings. The van der Waals surface area contributed by atoms with Gasteiger partial charge in [-0.3, -0.25) is 4.79 Å². The van der Waals surface area contributed by atoms with Crippen LogP contribution in [0.4, 0.5) is 0 Å². The molecule has 1 aliphatic heterocycles. The van der Waals surface area contributed by atoms with Crippen LogP contribution in [0, 0.1) is 5.92 Å². The van der Waals surface area contributed by atoms with Gasteiger partial charge in [0.1, 0.15) is 5.25 Å². The van der Waals surface area contributed by atoms with Gasteiger partial charge in [0.2, 0.25) is 5.91 Å². The Bertz CT molecular complexity index is 490. The fraction of sp³-hybridized carbons (Fsp3) is 0.941. The number of carbonyl (C=O) groups is 1. The Morgan fingerprint density at radius 3 is 2.13 bits per heavy atom. The predicted molar refractivity (Wildman–Crippen MR) is 93.1 cm³/mol. The lowest BCUT2D eigenvalue weighted by Crippen LogP contribution is -2.52. The second-order valence-electron chi connectivity index (χ2n) is 7.60. The van der Waals surface area contributed by atoms with Gasteiger partial charge in [-0.2, -0.15) is 0 Å². The highest BCUT2D eigenvalue weighted by Gasteiger charge is 2.41. The first-order valence-corrected chi connectivity index (χ1v) is 10.6. The largest absolute Gasteiger partial charge is 0.352 e. The molecule has 6 heteroatoms. The Balaban J connectivity index is 2.06. The zero-order valence-electron chi connectivity index (χ0n) is 14.8. The van der Waals surface area contributed by atoms with E-state index in [2.05, 4.69) is 17.3 Å². The van der Waals surface area contributed by atoms with Crippen LogP contribution in [-0.2, 0) is 14.6 Å². The van der Waals surface area contributed by atoms with Gasteiger partial charge in [-0.1, -0.05) is 33.1 Å². The van der Waals surface area contributed by atoms with Crippen molar-refractivity contribution in [2.45, 2.75) is 75.3 Å². The number of hydrogen-bond acceptors (Lipinski definition) is 4. The van der Waals surface area contributed by atoms with Gasteiger partial charge < -0.3 is 10.2 Å². The van der Waals surface area contributed by atoms with Crippen LogP contribution in [-0.4, -0.2) is 55.9 Å². The molecule has 0 aromatic rings. The Kier molecular flexibility index (Phi) is 6.48.